The van der Waals surface area contributed by atoms with Gasteiger partial charge < -0.3 is 5.11 Å². The van der Waals surface area contributed by atoms with Crippen LogP contribution in [0.4, 0.5) is 0 Å². The number of carbonyl (C=O) groups is 2. The van der Waals surface area contributed by atoms with Gasteiger partial charge in [0.05, 0.1) is 5.56 Å². The number of aldehydes is 1. The van der Waals surface area contributed by atoms with Gasteiger partial charge in [-0.3, -0.25) is 9.68 Å². The summed E-state index contributed by atoms with van der Waals surface area (Å²) in [4.78, 5) is 34.7. The largest absolute Gasteiger partial charge is 0.508 e. The number of aromatic hydroxyl groups is 1. The van der Waals surface area contributed by atoms with E-state index in [0.29, 0.717) is 29.7 Å². The first-order valence-electron chi connectivity index (χ1n) is 13.5. The van der Waals surface area contributed by atoms with E-state index >= 15 is 0 Å². The van der Waals surface area contributed by atoms with Gasteiger partial charge in [0.1, 0.15) is 12.0 Å². The van der Waals surface area contributed by atoms with Gasteiger partial charge >= 0.3 is 5.97 Å². The number of allylic oxidation sites excluding steroid dienone is 8. The van der Waals surface area contributed by atoms with Crippen molar-refractivity contribution in [3.63, 3.8) is 0 Å². The molecule has 0 radical (unpaired) electrons. The molecule has 208 valence electrons. The molecule has 5 heteroatoms. The highest BCUT2D eigenvalue weighted by Crippen LogP contribution is 2.24. The van der Waals surface area contributed by atoms with Crippen LogP contribution in [0.3, 0.4) is 0 Å². The molecule has 2 aromatic rings. The number of hydrogen-bond donors (Lipinski definition) is 1. The van der Waals surface area contributed by atoms with Crippen molar-refractivity contribution in [1.82, 2.24) is 0 Å². The molecule has 1 N–H and O–H groups in total. The quantitative estimate of drug-likeness (QED) is 0.114. The van der Waals surface area contributed by atoms with Gasteiger partial charge in [-0.15, -0.1) is 0 Å². The molecule has 39 heavy (non-hydrogen) atoms. The van der Waals surface area contributed by atoms with Gasteiger partial charge in [0.2, 0.25) is 0 Å². The van der Waals surface area contributed by atoms with Gasteiger partial charge in [0, 0.05) is 11.1 Å². The Kier molecular flexibility index (Phi) is 13.0. The van der Waals surface area contributed by atoms with Crippen molar-refractivity contribution in [2.45, 2.75) is 80.1 Å². The Morgan fingerprint density at radius 3 is 1.92 bits per heavy atom. The number of rotatable bonds is 14. The zero-order valence-electron chi connectivity index (χ0n) is 24.2. The second-order valence-electron chi connectivity index (χ2n) is 10.4. The third-order valence-corrected chi connectivity index (χ3v) is 6.27. The topological polar surface area (TPSA) is 72.8 Å². The van der Waals surface area contributed by atoms with Crippen LogP contribution < -0.4 is 4.89 Å². The van der Waals surface area contributed by atoms with Gasteiger partial charge in [-0.2, -0.15) is 0 Å². The molecule has 0 aliphatic heterocycles. The molecule has 0 spiro atoms. The lowest BCUT2D eigenvalue weighted by Crippen LogP contribution is -2.10. The second-order valence-corrected chi connectivity index (χ2v) is 10.4. The van der Waals surface area contributed by atoms with E-state index in [1.54, 1.807) is 24.3 Å². The number of phenolic OH excluding ortho intramolecular Hbond substituents is 1. The van der Waals surface area contributed by atoms with E-state index in [1.807, 2.05) is 0 Å². The highest BCUT2D eigenvalue weighted by atomic mass is 17.2. The summed E-state index contributed by atoms with van der Waals surface area (Å²) in [5.41, 5.74) is 7.21. The van der Waals surface area contributed by atoms with Crippen LogP contribution in [-0.2, 0) is 17.7 Å². The number of phenols is 1. The zero-order chi connectivity index (χ0) is 28.8. The number of benzene rings is 2. The van der Waals surface area contributed by atoms with Gasteiger partial charge in [-0.25, -0.2) is 9.68 Å². The lowest BCUT2D eigenvalue weighted by atomic mass is 10.0. The molecule has 0 aliphatic rings. The molecule has 0 atom stereocenters. The molecule has 0 heterocycles. The fourth-order valence-corrected chi connectivity index (χ4v) is 3.87. The van der Waals surface area contributed by atoms with Gasteiger partial charge in [0.15, 0.2) is 5.75 Å². The molecular weight excluding hydrogens is 488 g/mol. The lowest BCUT2D eigenvalue weighted by Gasteiger charge is -2.11. The third-order valence-electron chi connectivity index (χ3n) is 6.27. The molecule has 0 fully saturated rings. The third kappa shape index (κ3) is 11.6. The maximum Gasteiger partial charge on any atom is 0.386 e. The summed E-state index contributed by atoms with van der Waals surface area (Å²) >= 11 is 0. The average Bonchev–Trinajstić information content (AvgIpc) is 2.89. The zero-order valence-corrected chi connectivity index (χ0v) is 24.2. The van der Waals surface area contributed by atoms with E-state index < -0.39 is 5.97 Å². The minimum absolute atomic E-state index is 0.124. The molecule has 0 aliphatic carbocycles. The van der Waals surface area contributed by atoms with Crippen LogP contribution >= 0.6 is 0 Å². The molecule has 0 aromatic heterocycles. The fraction of sp³-hybridized carbons (Fsp3) is 0.353. The summed E-state index contributed by atoms with van der Waals surface area (Å²) in [5.74, 6) is -0.171. The molecule has 2 rings (SSSR count). The summed E-state index contributed by atoms with van der Waals surface area (Å²) in [6.07, 6.45) is 14.2. The Morgan fingerprint density at radius 1 is 0.769 bits per heavy atom. The molecule has 0 amide bonds. The molecule has 2 aromatic carbocycles. The first-order chi connectivity index (χ1) is 18.6. The van der Waals surface area contributed by atoms with Gasteiger partial charge in [-0.05, 0) is 122 Å². The van der Waals surface area contributed by atoms with Crippen molar-refractivity contribution in [1.29, 1.82) is 0 Å². The van der Waals surface area contributed by atoms with Crippen LogP contribution in [0, 0.1) is 0 Å². The van der Waals surface area contributed by atoms with E-state index in [1.165, 1.54) is 34.4 Å². The summed E-state index contributed by atoms with van der Waals surface area (Å²) in [6.45, 7) is 12.5. The summed E-state index contributed by atoms with van der Waals surface area (Å²) in [5, 5.41) is 10.3. The monoisotopic (exact) mass is 530 g/mol. The molecule has 0 saturated heterocycles. The van der Waals surface area contributed by atoms with E-state index in [9.17, 15) is 14.7 Å². The second kappa shape index (κ2) is 16.2. The average molecular weight is 531 g/mol. The fourth-order valence-electron chi connectivity index (χ4n) is 3.87. The molecule has 0 bridgehead atoms. The minimum atomic E-state index is -0.667. The van der Waals surface area contributed by atoms with E-state index in [0.717, 1.165) is 37.5 Å². The SMILES string of the molecule is CC(C)=CCC/C(C)=C/Cc1cc(C(=O)OOc2ccc(C=O)cc2C/C=C(\C)CCC=C(C)C)ccc1O. The Hall–Kier alpha value is -3.86. The molecule has 5 nitrogen and oxygen atoms in total. The van der Waals surface area contributed by atoms with E-state index in [-0.39, 0.29) is 11.3 Å². The van der Waals surface area contributed by atoms with Crippen LogP contribution in [0.1, 0.15) is 99.1 Å². The Bertz CT molecular complexity index is 1250. The molecular formula is C34H42O5. The van der Waals surface area contributed by atoms with Gasteiger partial charge in [0.25, 0.3) is 0 Å². The van der Waals surface area contributed by atoms with Crippen molar-refractivity contribution < 1.29 is 24.5 Å². The molecule has 0 saturated carbocycles. The first kappa shape index (κ1) is 31.4. The maximum atomic E-state index is 12.8. The van der Waals surface area contributed by atoms with Crippen molar-refractivity contribution in [2.24, 2.45) is 0 Å². The summed E-state index contributed by atoms with van der Waals surface area (Å²) in [6, 6.07) is 9.60. The van der Waals surface area contributed by atoms with Crippen molar-refractivity contribution in [2.75, 3.05) is 0 Å². The first-order valence-corrected chi connectivity index (χ1v) is 13.5. The van der Waals surface area contributed by atoms with Gasteiger partial charge in [-0.1, -0.05) is 46.6 Å². The lowest BCUT2D eigenvalue weighted by molar-refractivity contribution is -0.150. The van der Waals surface area contributed by atoms with Crippen molar-refractivity contribution in [3.05, 3.63) is 105 Å². The molecule has 0 unspecified atom stereocenters. The van der Waals surface area contributed by atoms with Crippen LogP contribution in [0.25, 0.3) is 0 Å². The minimum Gasteiger partial charge on any atom is -0.508 e. The predicted octanol–water partition coefficient (Wildman–Crippen LogP) is 8.83. The van der Waals surface area contributed by atoms with Crippen LogP contribution in [0.5, 0.6) is 11.5 Å². The highest BCUT2D eigenvalue weighted by molar-refractivity contribution is 5.89. The Morgan fingerprint density at radius 2 is 1.36 bits per heavy atom. The van der Waals surface area contributed by atoms with Crippen LogP contribution in [-0.4, -0.2) is 17.4 Å². The van der Waals surface area contributed by atoms with Crippen LogP contribution in [0.2, 0.25) is 0 Å². The Balaban J connectivity index is 2.08. The normalized spacial score (nSPS) is 11.5. The van der Waals surface area contributed by atoms with E-state index in [2.05, 4.69) is 65.8 Å². The van der Waals surface area contributed by atoms with Crippen molar-refractivity contribution in [3.8, 4) is 11.5 Å². The van der Waals surface area contributed by atoms with Crippen molar-refractivity contribution >= 4 is 12.3 Å². The standard InChI is InChI=1S/C34H42O5/c1-24(2)9-7-11-26(5)13-16-29-22-31(18-19-32(29)36)34(37)39-38-33-20-15-28(23-35)21-30(33)17-14-27(6)12-8-10-25(3)4/h9-10,13-15,18-23,36H,7-8,11-12,16-17H2,1-6H3/b26-13+,27-14+. The maximum absolute atomic E-state index is 12.8. The smallest absolute Gasteiger partial charge is 0.386 e. The Labute approximate surface area is 233 Å². The summed E-state index contributed by atoms with van der Waals surface area (Å²) in [7, 11) is 0. The van der Waals surface area contributed by atoms with E-state index in [4.69, 9.17) is 9.78 Å². The number of hydrogen-bond acceptors (Lipinski definition) is 5. The van der Waals surface area contributed by atoms with Crippen LogP contribution in [0.15, 0.2) is 83.0 Å². The highest BCUT2D eigenvalue weighted by Gasteiger charge is 2.14. The number of carbonyl (C=O) groups excluding carboxylic acids is 2. The summed E-state index contributed by atoms with van der Waals surface area (Å²) < 4.78 is 0. The predicted molar refractivity (Wildman–Crippen MR) is 158 cm³/mol.